The lowest BCUT2D eigenvalue weighted by molar-refractivity contribution is -0.0467. The smallest absolute Gasteiger partial charge is 0.140 e. The maximum absolute atomic E-state index is 6.07. The largest absolute Gasteiger partial charge is 0.367 e. The molecule has 1 unspecified atom stereocenters. The van der Waals surface area contributed by atoms with Crippen LogP contribution in [0.1, 0.15) is 12.5 Å². The molecule has 6 nitrogen and oxygen atoms in total. The van der Waals surface area contributed by atoms with Gasteiger partial charge in [0.25, 0.3) is 0 Å². The number of rotatable bonds is 2. The number of morpholine rings is 1. The molecule has 0 aliphatic carbocycles. The first-order chi connectivity index (χ1) is 10.7. The molecule has 0 N–H and O–H groups in total. The summed E-state index contributed by atoms with van der Waals surface area (Å²) in [6.07, 6.45) is 5.54. The van der Waals surface area contributed by atoms with Gasteiger partial charge >= 0.3 is 0 Å². The summed E-state index contributed by atoms with van der Waals surface area (Å²) in [5.74, 6) is 0.990. The first kappa shape index (κ1) is 13.7. The molecular weight excluding hydrogens is 298 g/mol. The van der Waals surface area contributed by atoms with Crippen molar-refractivity contribution in [1.29, 1.82) is 0 Å². The number of anilines is 1. The lowest BCUT2D eigenvalue weighted by Gasteiger charge is -2.40. The van der Waals surface area contributed by atoms with Gasteiger partial charge in [0, 0.05) is 25.4 Å². The minimum Gasteiger partial charge on any atom is -0.367 e. The second kappa shape index (κ2) is 5.03. The zero-order valence-electron chi connectivity index (χ0n) is 12.6. The van der Waals surface area contributed by atoms with E-state index in [0.717, 1.165) is 34.7 Å². The maximum atomic E-state index is 6.07. The topological polar surface area (TPSA) is 56.1 Å². The SMILES string of the molecule is Cn1cc(C2(C)CN(c3ncnc4sccc34)CCO2)cn1. The molecule has 7 heteroatoms. The van der Waals surface area contributed by atoms with Crippen molar-refractivity contribution in [3.8, 4) is 0 Å². The van der Waals surface area contributed by atoms with Crippen LogP contribution >= 0.6 is 11.3 Å². The minimum atomic E-state index is -0.375. The van der Waals surface area contributed by atoms with E-state index in [2.05, 4.69) is 38.3 Å². The molecule has 1 atom stereocenters. The van der Waals surface area contributed by atoms with Crippen molar-refractivity contribution in [2.45, 2.75) is 12.5 Å². The van der Waals surface area contributed by atoms with Gasteiger partial charge in [0.05, 0.1) is 24.7 Å². The van der Waals surface area contributed by atoms with Crippen LogP contribution in [0.5, 0.6) is 0 Å². The fourth-order valence-electron chi connectivity index (χ4n) is 2.95. The van der Waals surface area contributed by atoms with Gasteiger partial charge in [-0.15, -0.1) is 11.3 Å². The molecule has 0 bridgehead atoms. The van der Waals surface area contributed by atoms with E-state index in [0.29, 0.717) is 6.61 Å². The lowest BCUT2D eigenvalue weighted by Crippen LogP contribution is -2.48. The Balaban J connectivity index is 1.70. The average Bonchev–Trinajstić information content (AvgIpc) is 3.15. The quantitative estimate of drug-likeness (QED) is 0.725. The molecule has 1 fully saturated rings. The summed E-state index contributed by atoms with van der Waals surface area (Å²) in [7, 11) is 1.92. The van der Waals surface area contributed by atoms with Gasteiger partial charge in [0.1, 0.15) is 22.6 Å². The van der Waals surface area contributed by atoms with E-state index >= 15 is 0 Å². The van der Waals surface area contributed by atoms with Gasteiger partial charge < -0.3 is 9.64 Å². The van der Waals surface area contributed by atoms with E-state index in [4.69, 9.17) is 4.74 Å². The highest BCUT2D eigenvalue weighted by molar-refractivity contribution is 7.16. The van der Waals surface area contributed by atoms with E-state index in [1.54, 1.807) is 17.7 Å². The van der Waals surface area contributed by atoms with Crippen LogP contribution in [-0.2, 0) is 17.4 Å². The molecule has 3 aromatic heterocycles. The summed E-state index contributed by atoms with van der Waals surface area (Å²) in [6, 6.07) is 2.09. The molecule has 0 radical (unpaired) electrons. The van der Waals surface area contributed by atoms with E-state index in [1.165, 1.54) is 0 Å². The molecule has 114 valence electrons. The minimum absolute atomic E-state index is 0.375. The van der Waals surface area contributed by atoms with Gasteiger partial charge in [0.15, 0.2) is 0 Å². The Morgan fingerprint density at radius 2 is 2.27 bits per heavy atom. The average molecular weight is 315 g/mol. The zero-order valence-corrected chi connectivity index (χ0v) is 13.4. The van der Waals surface area contributed by atoms with Crippen LogP contribution in [0.15, 0.2) is 30.2 Å². The predicted molar refractivity (Wildman–Crippen MR) is 86.1 cm³/mol. The Labute approximate surface area is 132 Å². The molecular formula is C15H17N5OS. The molecule has 0 saturated carbocycles. The second-order valence-corrected chi connectivity index (χ2v) is 6.63. The van der Waals surface area contributed by atoms with Crippen molar-refractivity contribution in [3.63, 3.8) is 0 Å². The Morgan fingerprint density at radius 1 is 1.36 bits per heavy atom. The van der Waals surface area contributed by atoms with Crippen LogP contribution in [0.3, 0.4) is 0 Å². The van der Waals surface area contributed by atoms with Crippen molar-refractivity contribution in [2.24, 2.45) is 7.05 Å². The monoisotopic (exact) mass is 315 g/mol. The predicted octanol–water partition coefficient (Wildman–Crippen LogP) is 2.18. The van der Waals surface area contributed by atoms with Gasteiger partial charge in [-0.25, -0.2) is 9.97 Å². The fourth-order valence-corrected chi connectivity index (χ4v) is 3.68. The highest BCUT2D eigenvalue weighted by atomic mass is 32.1. The van der Waals surface area contributed by atoms with Gasteiger partial charge in [-0.2, -0.15) is 5.10 Å². The summed E-state index contributed by atoms with van der Waals surface area (Å²) in [4.78, 5) is 12.2. The first-order valence-electron chi connectivity index (χ1n) is 7.22. The summed E-state index contributed by atoms with van der Waals surface area (Å²) < 4.78 is 7.88. The number of aryl methyl sites for hydroxylation is 1. The van der Waals surface area contributed by atoms with Crippen LogP contribution in [-0.4, -0.2) is 39.4 Å². The maximum Gasteiger partial charge on any atom is 0.140 e. The summed E-state index contributed by atoms with van der Waals surface area (Å²) in [5, 5.41) is 7.44. The molecule has 4 heterocycles. The third-order valence-electron chi connectivity index (χ3n) is 4.13. The van der Waals surface area contributed by atoms with E-state index in [-0.39, 0.29) is 5.60 Å². The van der Waals surface area contributed by atoms with Crippen LogP contribution in [0, 0.1) is 0 Å². The van der Waals surface area contributed by atoms with Gasteiger partial charge in [0.2, 0.25) is 0 Å². The van der Waals surface area contributed by atoms with E-state index in [9.17, 15) is 0 Å². The molecule has 0 amide bonds. The Kier molecular flexibility index (Phi) is 3.12. The summed E-state index contributed by atoms with van der Waals surface area (Å²) in [5.41, 5.74) is 0.718. The summed E-state index contributed by atoms with van der Waals surface area (Å²) >= 11 is 1.64. The molecule has 22 heavy (non-hydrogen) atoms. The van der Waals surface area contributed by atoms with Crippen LogP contribution in [0.2, 0.25) is 0 Å². The molecule has 4 rings (SSSR count). The number of fused-ring (bicyclic) bond motifs is 1. The van der Waals surface area contributed by atoms with Crippen molar-refractivity contribution < 1.29 is 4.74 Å². The number of aromatic nitrogens is 4. The van der Waals surface area contributed by atoms with Gasteiger partial charge in [-0.3, -0.25) is 4.68 Å². The standard InChI is InChI=1S/C15H17N5OS/c1-15(11-7-18-19(2)8-11)9-20(4-5-21-15)13-12-3-6-22-14(12)17-10-16-13/h3,6-8,10H,4-5,9H2,1-2H3. The fraction of sp³-hybridized carbons (Fsp3) is 0.400. The number of ether oxygens (including phenoxy) is 1. The van der Waals surface area contributed by atoms with E-state index < -0.39 is 0 Å². The van der Waals surface area contributed by atoms with Gasteiger partial charge in [-0.1, -0.05) is 0 Å². The van der Waals surface area contributed by atoms with Crippen molar-refractivity contribution in [2.75, 3.05) is 24.6 Å². The van der Waals surface area contributed by atoms with Crippen LogP contribution < -0.4 is 4.90 Å². The first-order valence-corrected chi connectivity index (χ1v) is 8.10. The molecule has 1 aliphatic heterocycles. The number of thiophene rings is 1. The number of hydrogen-bond donors (Lipinski definition) is 0. The lowest BCUT2D eigenvalue weighted by atomic mass is 9.97. The highest BCUT2D eigenvalue weighted by Gasteiger charge is 2.36. The molecule has 3 aromatic rings. The molecule has 0 spiro atoms. The summed E-state index contributed by atoms with van der Waals surface area (Å²) in [6.45, 7) is 4.36. The van der Waals surface area contributed by atoms with Crippen LogP contribution in [0.4, 0.5) is 5.82 Å². The number of hydrogen-bond acceptors (Lipinski definition) is 6. The zero-order chi connectivity index (χ0) is 15.2. The third kappa shape index (κ3) is 2.17. The Morgan fingerprint density at radius 3 is 3.09 bits per heavy atom. The number of nitrogens with zero attached hydrogens (tertiary/aromatic N) is 5. The van der Waals surface area contributed by atoms with Crippen molar-refractivity contribution in [3.05, 3.63) is 35.7 Å². The third-order valence-corrected chi connectivity index (χ3v) is 4.95. The molecule has 0 aromatic carbocycles. The van der Waals surface area contributed by atoms with Gasteiger partial charge in [-0.05, 0) is 18.4 Å². The Bertz CT molecular complexity index is 813. The molecule has 1 saturated heterocycles. The highest BCUT2D eigenvalue weighted by Crippen LogP contribution is 2.34. The molecule has 1 aliphatic rings. The Hall–Kier alpha value is -1.99. The van der Waals surface area contributed by atoms with Crippen LogP contribution in [0.25, 0.3) is 10.2 Å². The van der Waals surface area contributed by atoms with Crippen molar-refractivity contribution >= 4 is 27.4 Å². The van der Waals surface area contributed by atoms with E-state index in [1.807, 2.05) is 24.1 Å². The van der Waals surface area contributed by atoms with Crippen molar-refractivity contribution in [1.82, 2.24) is 19.7 Å². The second-order valence-electron chi connectivity index (χ2n) is 5.74. The normalized spacial score (nSPS) is 22.4.